The second-order valence-corrected chi connectivity index (χ2v) is 4.22. The first-order chi connectivity index (χ1) is 9.72. The van der Waals surface area contributed by atoms with E-state index >= 15 is 0 Å². The molecule has 1 amide bonds. The van der Waals surface area contributed by atoms with Crippen LogP contribution in [0.4, 0.5) is 0 Å². The average molecular weight is 312 g/mol. The van der Waals surface area contributed by atoms with E-state index in [4.69, 9.17) is 10.5 Å². The van der Waals surface area contributed by atoms with Crippen LogP contribution in [0.3, 0.4) is 0 Å². The number of rotatable bonds is 6. The molecule has 0 spiro atoms. The van der Waals surface area contributed by atoms with Crippen molar-refractivity contribution < 1.29 is 9.53 Å². The number of methoxy groups -OCH3 is 1. The molecule has 7 nitrogen and oxygen atoms in total. The molecule has 1 atom stereocenters. The Kier molecular flexibility index (Phi) is 6.80. The number of pyridine rings is 1. The summed E-state index contributed by atoms with van der Waals surface area (Å²) >= 11 is 0. The Labute approximate surface area is 128 Å². The van der Waals surface area contributed by atoms with Gasteiger partial charge in [0.25, 0.3) is 0 Å². The molecule has 0 saturated carbocycles. The van der Waals surface area contributed by atoms with Gasteiger partial charge in [0.05, 0.1) is 6.61 Å². The highest BCUT2D eigenvalue weighted by Gasteiger charge is 2.13. The Morgan fingerprint density at radius 1 is 1.48 bits per heavy atom. The van der Waals surface area contributed by atoms with Crippen LogP contribution in [-0.2, 0) is 16.1 Å². The van der Waals surface area contributed by atoms with Crippen LogP contribution >= 0.6 is 12.4 Å². The smallest absolute Gasteiger partial charge is 0.239 e. The van der Waals surface area contributed by atoms with Crippen LogP contribution in [0, 0.1) is 0 Å². The predicted molar refractivity (Wildman–Crippen MR) is 80.3 cm³/mol. The van der Waals surface area contributed by atoms with E-state index in [1.54, 1.807) is 23.3 Å². The quantitative estimate of drug-likeness (QED) is 0.799. The highest BCUT2D eigenvalue weighted by atomic mass is 35.5. The van der Waals surface area contributed by atoms with E-state index in [1.807, 2.05) is 18.2 Å². The number of carbonyl (C=O) groups excluding carboxylic acids is 1. The third-order valence-electron chi connectivity index (χ3n) is 2.72. The number of nitrogens with zero attached hydrogens (tertiary/aromatic N) is 3. The number of amides is 1. The highest BCUT2D eigenvalue weighted by molar-refractivity contribution is 5.85. The van der Waals surface area contributed by atoms with Gasteiger partial charge in [-0.05, 0) is 12.1 Å². The molecule has 2 aromatic heterocycles. The summed E-state index contributed by atoms with van der Waals surface area (Å²) in [6, 6.07) is 4.83. The van der Waals surface area contributed by atoms with Crippen LogP contribution in [0.1, 0.15) is 5.56 Å². The van der Waals surface area contributed by atoms with Crippen LogP contribution in [0.25, 0.3) is 5.82 Å². The van der Waals surface area contributed by atoms with Crippen molar-refractivity contribution in [3.63, 3.8) is 0 Å². The number of nitrogens with one attached hydrogen (secondary N) is 1. The van der Waals surface area contributed by atoms with E-state index in [-0.39, 0.29) is 24.9 Å². The molecular formula is C13H18ClN5O2. The van der Waals surface area contributed by atoms with Crippen LogP contribution < -0.4 is 11.1 Å². The van der Waals surface area contributed by atoms with E-state index in [2.05, 4.69) is 15.4 Å². The molecule has 21 heavy (non-hydrogen) atoms. The molecule has 2 aromatic rings. The molecule has 1 unspecified atom stereocenters. The van der Waals surface area contributed by atoms with Gasteiger partial charge in [-0.2, -0.15) is 5.10 Å². The molecule has 0 aromatic carbocycles. The lowest BCUT2D eigenvalue weighted by molar-refractivity contribution is -0.123. The molecule has 2 heterocycles. The maximum Gasteiger partial charge on any atom is 0.239 e. The Morgan fingerprint density at radius 2 is 2.29 bits per heavy atom. The fourth-order valence-electron chi connectivity index (χ4n) is 1.74. The van der Waals surface area contributed by atoms with Gasteiger partial charge >= 0.3 is 0 Å². The van der Waals surface area contributed by atoms with Crippen molar-refractivity contribution in [2.45, 2.75) is 12.6 Å². The highest BCUT2D eigenvalue weighted by Crippen LogP contribution is 2.09. The summed E-state index contributed by atoms with van der Waals surface area (Å²) in [5.41, 5.74) is 6.51. The minimum absolute atomic E-state index is 0. The van der Waals surface area contributed by atoms with Crippen molar-refractivity contribution in [1.29, 1.82) is 0 Å². The van der Waals surface area contributed by atoms with Gasteiger partial charge < -0.3 is 15.8 Å². The van der Waals surface area contributed by atoms with Gasteiger partial charge in [0.1, 0.15) is 6.04 Å². The Hall–Kier alpha value is -1.96. The summed E-state index contributed by atoms with van der Waals surface area (Å²) in [7, 11) is 1.50. The van der Waals surface area contributed by atoms with Crippen molar-refractivity contribution in [3.05, 3.63) is 42.4 Å². The van der Waals surface area contributed by atoms with Crippen LogP contribution in [0.5, 0.6) is 0 Å². The van der Waals surface area contributed by atoms with Gasteiger partial charge in [0.15, 0.2) is 5.82 Å². The van der Waals surface area contributed by atoms with E-state index in [1.165, 1.54) is 7.11 Å². The van der Waals surface area contributed by atoms with Crippen LogP contribution in [-0.4, -0.2) is 40.4 Å². The van der Waals surface area contributed by atoms with Crippen LogP contribution in [0.15, 0.2) is 36.8 Å². The van der Waals surface area contributed by atoms with Crippen LogP contribution in [0.2, 0.25) is 0 Å². The van der Waals surface area contributed by atoms with Gasteiger partial charge in [-0.15, -0.1) is 12.4 Å². The van der Waals surface area contributed by atoms with Crippen molar-refractivity contribution in [1.82, 2.24) is 20.1 Å². The second kappa shape index (κ2) is 8.35. The van der Waals surface area contributed by atoms with Crippen molar-refractivity contribution >= 4 is 18.3 Å². The number of nitrogens with two attached hydrogens (primary N) is 1. The Bertz CT molecular complexity index is 561. The number of aromatic nitrogens is 3. The number of ether oxygens (including phenoxy) is 1. The SMILES string of the molecule is COCC(N)C(=O)NCc1cccnc1-n1cccn1.Cl. The lowest BCUT2D eigenvalue weighted by Crippen LogP contribution is -2.43. The van der Waals surface area contributed by atoms with Crippen molar-refractivity contribution in [3.8, 4) is 5.82 Å². The Balaban J connectivity index is 0.00000220. The normalized spacial score (nSPS) is 11.5. The van der Waals surface area contributed by atoms with E-state index in [9.17, 15) is 4.79 Å². The molecule has 2 rings (SSSR count). The Morgan fingerprint density at radius 3 is 2.95 bits per heavy atom. The minimum Gasteiger partial charge on any atom is -0.383 e. The lowest BCUT2D eigenvalue weighted by Gasteiger charge is -2.13. The molecule has 0 radical (unpaired) electrons. The third-order valence-corrected chi connectivity index (χ3v) is 2.72. The molecule has 0 fully saturated rings. The maximum absolute atomic E-state index is 11.7. The zero-order valence-corrected chi connectivity index (χ0v) is 12.4. The molecule has 0 aliphatic rings. The van der Waals surface area contributed by atoms with E-state index in [0.717, 1.165) is 5.56 Å². The summed E-state index contributed by atoms with van der Waals surface area (Å²) in [5, 5.41) is 6.90. The number of hydrogen-bond donors (Lipinski definition) is 2. The lowest BCUT2D eigenvalue weighted by atomic mass is 10.2. The summed E-state index contributed by atoms with van der Waals surface area (Å²) in [6.07, 6.45) is 5.15. The first-order valence-electron chi connectivity index (χ1n) is 6.18. The monoisotopic (exact) mass is 311 g/mol. The molecule has 0 bridgehead atoms. The molecule has 8 heteroatoms. The zero-order chi connectivity index (χ0) is 14.4. The molecule has 3 N–H and O–H groups in total. The molecule has 0 saturated heterocycles. The summed E-state index contributed by atoms with van der Waals surface area (Å²) < 4.78 is 6.50. The van der Waals surface area contributed by atoms with E-state index in [0.29, 0.717) is 12.4 Å². The number of halogens is 1. The first kappa shape index (κ1) is 17.1. The summed E-state index contributed by atoms with van der Waals surface area (Å²) in [5.74, 6) is 0.417. The summed E-state index contributed by atoms with van der Waals surface area (Å²) in [6.45, 7) is 0.518. The van der Waals surface area contributed by atoms with Crippen molar-refractivity contribution in [2.24, 2.45) is 5.73 Å². The van der Waals surface area contributed by atoms with Gasteiger partial charge in [-0.3, -0.25) is 4.79 Å². The van der Waals surface area contributed by atoms with Gasteiger partial charge in [0, 0.05) is 37.8 Å². The maximum atomic E-state index is 11.7. The molecule has 114 valence electrons. The minimum atomic E-state index is -0.676. The first-order valence-corrected chi connectivity index (χ1v) is 6.18. The van der Waals surface area contributed by atoms with Gasteiger partial charge in [-0.1, -0.05) is 6.07 Å². The standard InChI is InChI=1S/C13H17N5O2.ClH/c1-20-9-11(14)13(19)16-8-10-4-2-5-15-12(10)18-7-3-6-17-18;/h2-7,11H,8-9,14H2,1H3,(H,16,19);1H. The zero-order valence-electron chi connectivity index (χ0n) is 11.6. The average Bonchev–Trinajstić information content (AvgIpc) is 2.99. The second-order valence-electron chi connectivity index (χ2n) is 4.22. The molecule has 0 aliphatic heterocycles. The van der Waals surface area contributed by atoms with E-state index < -0.39 is 6.04 Å². The predicted octanol–water partition coefficient (Wildman–Crippen LogP) is 0.279. The fraction of sp³-hybridized carbons (Fsp3) is 0.308. The van der Waals surface area contributed by atoms with Crippen molar-refractivity contribution in [2.75, 3.05) is 13.7 Å². The molecular weight excluding hydrogens is 294 g/mol. The number of carbonyl (C=O) groups is 1. The largest absolute Gasteiger partial charge is 0.383 e. The summed E-state index contributed by atoms with van der Waals surface area (Å²) in [4.78, 5) is 16.0. The number of hydrogen-bond acceptors (Lipinski definition) is 5. The van der Waals surface area contributed by atoms with Gasteiger partial charge in [-0.25, -0.2) is 9.67 Å². The van der Waals surface area contributed by atoms with Gasteiger partial charge in [0.2, 0.25) is 5.91 Å². The third kappa shape index (κ3) is 4.52. The molecule has 0 aliphatic carbocycles. The topological polar surface area (TPSA) is 95.1 Å². The fourth-order valence-corrected chi connectivity index (χ4v) is 1.74.